The van der Waals surface area contributed by atoms with Gasteiger partial charge in [-0.25, -0.2) is 4.98 Å². The van der Waals surface area contributed by atoms with Gasteiger partial charge in [0.25, 0.3) is 11.5 Å². The molecule has 172 valence electrons. The average molecular weight is 474 g/mol. The summed E-state index contributed by atoms with van der Waals surface area (Å²) in [4.78, 5) is 46.9. The Hall–Kier alpha value is -3.78. The van der Waals surface area contributed by atoms with Crippen LogP contribution < -0.4 is 15.2 Å². The molecule has 0 radical (unpaired) electrons. The lowest BCUT2D eigenvalue weighted by Crippen LogP contribution is -2.42. The Labute approximate surface area is 200 Å². The highest BCUT2D eigenvalue weighted by molar-refractivity contribution is 7.19. The van der Waals surface area contributed by atoms with Gasteiger partial charge < -0.3 is 9.64 Å². The number of rotatable bonds is 4. The zero-order chi connectivity index (χ0) is 24.1. The molecule has 8 heteroatoms. The molecular formula is C26H23N3O4S. The molecule has 2 aromatic carbocycles. The minimum absolute atomic E-state index is 0.183. The number of thiophene rings is 1. The SMILES string of the molecule is Cc1sc2ncn(C(C)C(=O)c3ccc4c(c3)N(C)C(=O)C(C)O4)c(=O)c2c1-c1ccccc1. The number of hydrogen-bond acceptors (Lipinski definition) is 6. The molecule has 1 amide bonds. The number of Topliss-reactive ketones (excluding diaryl/α,β-unsaturated/α-hetero) is 1. The average Bonchev–Trinajstić information content (AvgIpc) is 3.19. The van der Waals surface area contributed by atoms with Gasteiger partial charge in [0.2, 0.25) is 0 Å². The number of ether oxygens (including phenoxy) is 1. The van der Waals surface area contributed by atoms with E-state index in [2.05, 4.69) is 4.98 Å². The summed E-state index contributed by atoms with van der Waals surface area (Å²) < 4.78 is 7.04. The number of carbonyl (C=O) groups excluding carboxylic acids is 2. The van der Waals surface area contributed by atoms with Crippen LogP contribution in [0.5, 0.6) is 5.75 Å². The van der Waals surface area contributed by atoms with Crippen molar-refractivity contribution in [3.63, 3.8) is 0 Å². The molecule has 0 fully saturated rings. The van der Waals surface area contributed by atoms with E-state index in [9.17, 15) is 14.4 Å². The standard InChI is InChI=1S/C26H23N3O4S/c1-14(23(30)18-10-11-20-19(12-18)28(4)25(31)15(2)33-20)29-13-27-24-22(26(29)32)21(16(3)34-24)17-8-6-5-7-9-17/h5-15H,1-4H3. The highest BCUT2D eigenvalue weighted by Gasteiger charge is 2.30. The Bertz CT molecular complexity index is 1510. The minimum atomic E-state index is -0.782. The fourth-order valence-corrected chi connectivity index (χ4v) is 5.38. The Balaban J connectivity index is 1.56. The lowest BCUT2D eigenvalue weighted by atomic mass is 10.0. The van der Waals surface area contributed by atoms with Crippen molar-refractivity contribution < 1.29 is 14.3 Å². The molecule has 1 aliphatic rings. The first kappa shape index (κ1) is 22.0. The summed E-state index contributed by atoms with van der Waals surface area (Å²) in [6, 6.07) is 13.9. The van der Waals surface area contributed by atoms with E-state index in [1.165, 1.54) is 27.1 Å². The second kappa shape index (κ2) is 8.22. The number of amides is 1. The van der Waals surface area contributed by atoms with Gasteiger partial charge in [-0.2, -0.15) is 0 Å². The summed E-state index contributed by atoms with van der Waals surface area (Å²) in [5, 5.41) is 0.522. The van der Waals surface area contributed by atoms with E-state index >= 15 is 0 Å². The summed E-state index contributed by atoms with van der Waals surface area (Å²) >= 11 is 1.47. The number of aromatic nitrogens is 2. The van der Waals surface area contributed by atoms with Crippen LogP contribution in [0.3, 0.4) is 0 Å². The van der Waals surface area contributed by atoms with Gasteiger partial charge in [0, 0.05) is 23.1 Å². The maximum Gasteiger partial charge on any atom is 0.267 e. The van der Waals surface area contributed by atoms with E-state index in [0.717, 1.165) is 16.0 Å². The van der Waals surface area contributed by atoms with Gasteiger partial charge in [-0.3, -0.25) is 19.0 Å². The quantitative estimate of drug-likeness (QED) is 0.404. The first-order valence-electron chi connectivity index (χ1n) is 11.0. The number of hydrogen-bond donors (Lipinski definition) is 0. The maximum absolute atomic E-state index is 13.6. The third kappa shape index (κ3) is 3.42. The number of carbonyl (C=O) groups is 2. The number of nitrogens with zero attached hydrogens (tertiary/aromatic N) is 3. The van der Waals surface area contributed by atoms with Gasteiger partial charge in [0.05, 0.1) is 23.4 Å². The number of ketones is 1. The molecule has 0 bridgehead atoms. The van der Waals surface area contributed by atoms with Crippen molar-refractivity contribution in [3.05, 3.63) is 75.7 Å². The van der Waals surface area contributed by atoms with Crippen LogP contribution >= 0.6 is 11.3 Å². The molecule has 0 aliphatic carbocycles. The molecule has 34 heavy (non-hydrogen) atoms. The van der Waals surface area contributed by atoms with Crippen molar-refractivity contribution in [2.75, 3.05) is 11.9 Å². The van der Waals surface area contributed by atoms with E-state index in [1.54, 1.807) is 39.1 Å². The molecular weight excluding hydrogens is 450 g/mol. The van der Waals surface area contributed by atoms with Crippen LogP contribution in [0.15, 0.2) is 59.7 Å². The third-order valence-corrected chi connectivity index (χ3v) is 7.27. The molecule has 5 rings (SSSR count). The molecule has 4 aromatic rings. The van der Waals surface area contributed by atoms with Crippen molar-refractivity contribution in [1.82, 2.24) is 9.55 Å². The predicted octanol–water partition coefficient (Wildman–Crippen LogP) is 4.62. The summed E-state index contributed by atoms with van der Waals surface area (Å²) in [5.41, 5.74) is 2.46. The fraction of sp³-hybridized carbons (Fsp3) is 0.231. The van der Waals surface area contributed by atoms with E-state index in [4.69, 9.17) is 4.74 Å². The first-order valence-corrected chi connectivity index (χ1v) is 11.8. The normalized spacial score (nSPS) is 16.3. The minimum Gasteiger partial charge on any atom is -0.479 e. The van der Waals surface area contributed by atoms with Gasteiger partial charge in [0.1, 0.15) is 10.6 Å². The summed E-state index contributed by atoms with van der Waals surface area (Å²) in [7, 11) is 1.66. The maximum atomic E-state index is 13.6. The van der Waals surface area contributed by atoms with E-state index in [0.29, 0.717) is 27.2 Å². The highest BCUT2D eigenvalue weighted by Crippen LogP contribution is 2.36. The van der Waals surface area contributed by atoms with Crippen molar-refractivity contribution in [1.29, 1.82) is 0 Å². The van der Waals surface area contributed by atoms with E-state index in [-0.39, 0.29) is 17.2 Å². The first-order chi connectivity index (χ1) is 16.3. The fourth-order valence-electron chi connectivity index (χ4n) is 4.38. The number of likely N-dealkylation sites (N-methyl/N-ethyl adjacent to an activating group) is 1. The number of benzene rings is 2. The molecule has 2 atom stereocenters. The number of aryl methyl sites for hydroxylation is 1. The van der Waals surface area contributed by atoms with Gasteiger partial charge in [-0.05, 0) is 44.5 Å². The van der Waals surface area contributed by atoms with Crippen molar-refractivity contribution in [2.45, 2.75) is 32.9 Å². The smallest absolute Gasteiger partial charge is 0.267 e. The van der Waals surface area contributed by atoms with Crippen LogP contribution in [-0.2, 0) is 4.79 Å². The van der Waals surface area contributed by atoms with Crippen LogP contribution in [0.1, 0.15) is 35.1 Å². The molecule has 0 spiro atoms. The molecule has 2 unspecified atom stereocenters. The topological polar surface area (TPSA) is 81.5 Å². The van der Waals surface area contributed by atoms with Gasteiger partial charge >= 0.3 is 0 Å². The van der Waals surface area contributed by atoms with Crippen molar-refractivity contribution >= 4 is 38.9 Å². The molecule has 2 aromatic heterocycles. The van der Waals surface area contributed by atoms with Crippen molar-refractivity contribution in [2.24, 2.45) is 0 Å². The molecule has 0 saturated heterocycles. The number of fused-ring (bicyclic) bond motifs is 2. The zero-order valence-corrected chi connectivity index (χ0v) is 20.1. The van der Waals surface area contributed by atoms with Crippen LogP contribution in [0.4, 0.5) is 5.69 Å². The van der Waals surface area contributed by atoms with E-state index < -0.39 is 12.1 Å². The Morgan fingerprint density at radius 3 is 2.62 bits per heavy atom. The largest absolute Gasteiger partial charge is 0.479 e. The molecule has 7 nitrogen and oxygen atoms in total. The molecule has 0 N–H and O–H groups in total. The second-order valence-corrected chi connectivity index (χ2v) is 9.62. The lowest BCUT2D eigenvalue weighted by Gasteiger charge is -2.30. The Kier molecular flexibility index (Phi) is 5.32. The molecule has 3 heterocycles. The Morgan fingerprint density at radius 1 is 1.15 bits per heavy atom. The van der Waals surface area contributed by atoms with Gasteiger partial charge in [0.15, 0.2) is 11.9 Å². The second-order valence-electron chi connectivity index (χ2n) is 8.42. The summed E-state index contributed by atoms with van der Waals surface area (Å²) in [6.45, 7) is 5.35. The highest BCUT2D eigenvalue weighted by atomic mass is 32.1. The lowest BCUT2D eigenvalue weighted by molar-refractivity contribution is -0.125. The van der Waals surface area contributed by atoms with Crippen LogP contribution in [0.25, 0.3) is 21.3 Å². The zero-order valence-electron chi connectivity index (χ0n) is 19.2. The van der Waals surface area contributed by atoms with Crippen LogP contribution in [0, 0.1) is 6.92 Å². The monoisotopic (exact) mass is 473 g/mol. The van der Waals surface area contributed by atoms with Gasteiger partial charge in [-0.15, -0.1) is 11.3 Å². The predicted molar refractivity (Wildman–Crippen MR) is 133 cm³/mol. The van der Waals surface area contributed by atoms with Crippen molar-refractivity contribution in [3.8, 4) is 16.9 Å². The van der Waals surface area contributed by atoms with Crippen LogP contribution in [-0.4, -0.2) is 34.4 Å². The van der Waals surface area contributed by atoms with Crippen LogP contribution in [0.2, 0.25) is 0 Å². The van der Waals surface area contributed by atoms with Gasteiger partial charge in [-0.1, -0.05) is 30.3 Å². The summed E-state index contributed by atoms with van der Waals surface area (Å²) in [6.07, 6.45) is 0.860. The van der Waals surface area contributed by atoms with E-state index in [1.807, 2.05) is 37.3 Å². The summed E-state index contributed by atoms with van der Waals surface area (Å²) in [5.74, 6) is 0.108. The number of anilines is 1. The third-order valence-electron chi connectivity index (χ3n) is 6.26. The Morgan fingerprint density at radius 2 is 1.88 bits per heavy atom. The molecule has 0 saturated carbocycles. The molecule has 1 aliphatic heterocycles.